The van der Waals surface area contributed by atoms with E-state index in [9.17, 15) is 14.9 Å². The highest BCUT2D eigenvalue weighted by Gasteiger charge is 2.28. The van der Waals surface area contributed by atoms with Gasteiger partial charge in [-0.3, -0.25) is 24.5 Å². The molecule has 3 rings (SSSR count). The Morgan fingerprint density at radius 1 is 1.24 bits per heavy atom. The van der Waals surface area contributed by atoms with Crippen molar-refractivity contribution in [1.29, 1.82) is 0 Å². The molecule has 29 heavy (non-hydrogen) atoms. The summed E-state index contributed by atoms with van der Waals surface area (Å²) in [7, 11) is 0. The molecule has 2 aromatic rings. The molecule has 1 aliphatic rings. The lowest BCUT2D eigenvalue weighted by atomic mass is 10.1. The molecule has 1 fully saturated rings. The first kappa shape index (κ1) is 21.3. The van der Waals surface area contributed by atoms with Crippen LogP contribution in [-0.4, -0.2) is 56.6 Å². The van der Waals surface area contributed by atoms with Crippen molar-refractivity contribution >= 4 is 23.2 Å². The van der Waals surface area contributed by atoms with Gasteiger partial charge in [0.15, 0.2) is 0 Å². The number of carbonyl (C=O) groups is 1. The van der Waals surface area contributed by atoms with E-state index in [1.165, 1.54) is 0 Å². The van der Waals surface area contributed by atoms with E-state index in [2.05, 4.69) is 10.00 Å². The largest absolute Gasteiger partial charge is 0.340 e. The standard InChI is InChI=1S/C20H26ClN5O3/c1-14(12-25-16(3)19(26(28)29)15(2)22-25)20(27)24-10-8-23(9-11-24)13-17-6-4-5-7-18(17)21/h4-7,14H,8-13H2,1-3H3. The van der Waals surface area contributed by atoms with Crippen LogP contribution in [0.2, 0.25) is 5.02 Å². The third-order valence-electron chi connectivity index (χ3n) is 5.43. The molecule has 1 aromatic carbocycles. The second-order valence-electron chi connectivity index (χ2n) is 7.55. The fourth-order valence-electron chi connectivity index (χ4n) is 3.77. The molecular weight excluding hydrogens is 394 g/mol. The molecule has 1 aromatic heterocycles. The van der Waals surface area contributed by atoms with Gasteiger partial charge in [0, 0.05) is 37.7 Å². The van der Waals surface area contributed by atoms with Crippen LogP contribution in [0.25, 0.3) is 0 Å². The van der Waals surface area contributed by atoms with Crippen LogP contribution in [0.1, 0.15) is 23.9 Å². The Balaban J connectivity index is 1.56. The molecule has 1 unspecified atom stereocenters. The van der Waals surface area contributed by atoms with E-state index in [0.717, 1.165) is 30.2 Å². The third kappa shape index (κ3) is 4.76. The van der Waals surface area contributed by atoms with Crippen molar-refractivity contribution in [2.45, 2.75) is 33.9 Å². The smallest absolute Gasteiger partial charge is 0.312 e. The number of hydrogen-bond acceptors (Lipinski definition) is 5. The van der Waals surface area contributed by atoms with E-state index < -0.39 is 4.92 Å². The summed E-state index contributed by atoms with van der Waals surface area (Å²) in [6.45, 7) is 9.13. The Kier molecular flexibility index (Phi) is 6.54. The highest BCUT2D eigenvalue weighted by molar-refractivity contribution is 6.31. The number of nitro groups is 1. The number of amides is 1. The van der Waals surface area contributed by atoms with E-state index in [0.29, 0.717) is 31.0 Å². The van der Waals surface area contributed by atoms with Gasteiger partial charge in [-0.05, 0) is 25.5 Å². The summed E-state index contributed by atoms with van der Waals surface area (Å²) in [6, 6.07) is 7.81. The zero-order valence-corrected chi connectivity index (χ0v) is 17.7. The van der Waals surface area contributed by atoms with Crippen molar-refractivity contribution in [2.75, 3.05) is 26.2 Å². The lowest BCUT2D eigenvalue weighted by Crippen LogP contribution is -2.50. The quantitative estimate of drug-likeness (QED) is 0.530. The molecule has 0 saturated carbocycles. The summed E-state index contributed by atoms with van der Waals surface area (Å²) in [5.74, 6) is -0.250. The summed E-state index contributed by atoms with van der Waals surface area (Å²) in [4.78, 5) is 27.8. The van der Waals surface area contributed by atoms with Gasteiger partial charge in [-0.15, -0.1) is 0 Å². The molecule has 0 N–H and O–H groups in total. The highest BCUT2D eigenvalue weighted by Crippen LogP contribution is 2.23. The number of aryl methyl sites for hydroxylation is 1. The third-order valence-corrected chi connectivity index (χ3v) is 5.80. The maximum Gasteiger partial charge on any atom is 0.312 e. The summed E-state index contributed by atoms with van der Waals surface area (Å²) in [5.41, 5.74) is 1.98. The Hall–Kier alpha value is -2.45. The summed E-state index contributed by atoms with van der Waals surface area (Å²) in [6.07, 6.45) is 0. The molecule has 0 bridgehead atoms. The van der Waals surface area contributed by atoms with Gasteiger partial charge in [0.2, 0.25) is 5.91 Å². The number of rotatable bonds is 6. The number of nitrogens with zero attached hydrogens (tertiary/aromatic N) is 5. The number of hydrogen-bond donors (Lipinski definition) is 0. The molecule has 0 spiro atoms. The minimum absolute atomic E-state index is 0.0258. The van der Waals surface area contributed by atoms with Crippen LogP contribution in [0.5, 0.6) is 0 Å². The Labute approximate surface area is 175 Å². The fourth-order valence-corrected chi connectivity index (χ4v) is 3.97. The van der Waals surface area contributed by atoms with Crippen LogP contribution in [0.15, 0.2) is 24.3 Å². The van der Waals surface area contributed by atoms with E-state index in [1.807, 2.05) is 36.1 Å². The summed E-state index contributed by atoms with van der Waals surface area (Å²) < 4.78 is 1.57. The van der Waals surface area contributed by atoms with Crippen LogP contribution >= 0.6 is 11.6 Å². The van der Waals surface area contributed by atoms with E-state index in [4.69, 9.17) is 11.6 Å². The van der Waals surface area contributed by atoms with Gasteiger partial charge in [-0.1, -0.05) is 36.7 Å². The average Bonchev–Trinajstić information content (AvgIpc) is 2.96. The molecule has 1 atom stereocenters. The zero-order chi connectivity index (χ0) is 21.1. The number of aromatic nitrogens is 2. The Morgan fingerprint density at radius 2 is 1.90 bits per heavy atom. The van der Waals surface area contributed by atoms with Crippen molar-refractivity contribution in [1.82, 2.24) is 19.6 Å². The zero-order valence-electron chi connectivity index (χ0n) is 17.0. The average molecular weight is 420 g/mol. The van der Waals surface area contributed by atoms with E-state index >= 15 is 0 Å². The van der Waals surface area contributed by atoms with Crippen LogP contribution in [0.3, 0.4) is 0 Å². The topological polar surface area (TPSA) is 84.5 Å². The van der Waals surface area contributed by atoms with Crippen molar-refractivity contribution in [3.63, 3.8) is 0 Å². The molecule has 0 radical (unpaired) electrons. The van der Waals surface area contributed by atoms with Gasteiger partial charge in [0.25, 0.3) is 0 Å². The van der Waals surface area contributed by atoms with Crippen molar-refractivity contribution < 1.29 is 9.72 Å². The number of benzene rings is 1. The van der Waals surface area contributed by atoms with Gasteiger partial charge in [0.1, 0.15) is 11.4 Å². The van der Waals surface area contributed by atoms with E-state index in [-0.39, 0.29) is 17.5 Å². The normalized spacial score (nSPS) is 16.1. The maximum atomic E-state index is 12.9. The first-order valence-electron chi connectivity index (χ1n) is 9.71. The maximum absolute atomic E-state index is 12.9. The molecule has 1 amide bonds. The molecule has 1 aliphatic heterocycles. The van der Waals surface area contributed by atoms with Gasteiger partial charge in [0.05, 0.1) is 17.4 Å². The van der Waals surface area contributed by atoms with Crippen LogP contribution < -0.4 is 0 Å². The van der Waals surface area contributed by atoms with Crippen molar-refractivity contribution in [2.24, 2.45) is 5.92 Å². The number of carbonyl (C=O) groups excluding carboxylic acids is 1. The fraction of sp³-hybridized carbons (Fsp3) is 0.500. The Morgan fingerprint density at radius 3 is 2.48 bits per heavy atom. The van der Waals surface area contributed by atoms with Crippen LogP contribution in [0.4, 0.5) is 5.69 Å². The summed E-state index contributed by atoms with van der Waals surface area (Å²) in [5, 5.41) is 16.2. The highest BCUT2D eigenvalue weighted by atomic mass is 35.5. The molecule has 0 aliphatic carbocycles. The number of piperazine rings is 1. The second-order valence-corrected chi connectivity index (χ2v) is 7.96. The van der Waals surface area contributed by atoms with Gasteiger partial charge in [-0.25, -0.2) is 0 Å². The SMILES string of the molecule is Cc1nn(CC(C)C(=O)N2CCN(Cc3ccccc3Cl)CC2)c(C)c1[N+](=O)[O-]. The molecule has 156 valence electrons. The summed E-state index contributed by atoms with van der Waals surface area (Å²) >= 11 is 6.24. The molecular formula is C20H26ClN5O3. The van der Waals surface area contributed by atoms with Gasteiger partial charge < -0.3 is 4.90 Å². The molecule has 9 heteroatoms. The predicted octanol–water partition coefficient (Wildman–Crippen LogP) is 3.04. The second kappa shape index (κ2) is 8.92. The molecule has 1 saturated heterocycles. The number of halogens is 1. The first-order chi connectivity index (χ1) is 13.8. The van der Waals surface area contributed by atoms with Crippen molar-refractivity contribution in [3.05, 3.63) is 56.4 Å². The monoisotopic (exact) mass is 419 g/mol. The predicted molar refractivity (Wildman–Crippen MR) is 111 cm³/mol. The van der Waals surface area contributed by atoms with E-state index in [1.54, 1.807) is 18.5 Å². The lowest BCUT2D eigenvalue weighted by Gasteiger charge is -2.36. The Bertz CT molecular complexity index is 906. The molecule has 2 heterocycles. The molecule has 8 nitrogen and oxygen atoms in total. The minimum Gasteiger partial charge on any atom is -0.340 e. The van der Waals surface area contributed by atoms with Crippen molar-refractivity contribution in [3.8, 4) is 0 Å². The minimum atomic E-state index is -0.418. The van der Waals surface area contributed by atoms with Crippen LogP contribution in [0, 0.1) is 29.9 Å². The van der Waals surface area contributed by atoms with Gasteiger partial charge >= 0.3 is 5.69 Å². The lowest BCUT2D eigenvalue weighted by molar-refractivity contribution is -0.386. The van der Waals surface area contributed by atoms with Crippen LogP contribution in [-0.2, 0) is 17.9 Å². The van der Waals surface area contributed by atoms with Gasteiger partial charge in [-0.2, -0.15) is 5.10 Å². The first-order valence-corrected chi connectivity index (χ1v) is 10.1.